The van der Waals surface area contributed by atoms with Crippen LogP contribution in [0, 0.1) is 0 Å². The van der Waals surface area contributed by atoms with E-state index in [0.29, 0.717) is 24.2 Å². The van der Waals surface area contributed by atoms with Gasteiger partial charge in [-0.25, -0.2) is 14.7 Å². The summed E-state index contributed by atoms with van der Waals surface area (Å²) in [5.74, 6) is -0.959. The van der Waals surface area contributed by atoms with E-state index in [2.05, 4.69) is 14.9 Å². The van der Waals surface area contributed by atoms with Gasteiger partial charge in [0.05, 0.1) is 54.8 Å². The summed E-state index contributed by atoms with van der Waals surface area (Å²) in [5.41, 5.74) is 5.59. The first kappa shape index (κ1) is 31.3. The normalized spacial score (nSPS) is 21.1. The van der Waals surface area contributed by atoms with E-state index in [1.165, 1.54) is 0 Å². The first-order valence-electron chi connectivity index (χ1n) is 15.8. The number of fused-ring (bicyclic) bond motifs is 1. The summed E-state index contributed by atoms with van der Waals surface area (Å²) < 4.78 is 20.3. The average molecular weight is 647 g/mol. The van der Waals surface area contributed by atoms with Gasteiger partial charge in [-0.2, -0.15) is 0 Å². The Balaban J connectivity index is 1.05. The number of aliphatic hydroxyl groups excluding tert-OH is 1. The van der Waals surface area contributed by atoms with Crippen LogP contribution in [0.25, 0.3) is 11.0 Å². The van der Waals surface area contributed by atoms with E-state index >= 15 is 0 Å². The SMILES string of the molecule is O=C(NC1CC(=O)N(c2ccc(C3OC(Cn4cnc5ccccc54)CC(c4ccc(CO)cc4)O3)cc2)C1=O)OCc1ccccc1. The highest BCUT2D eigenvalue weighted by molar-refractivity contribution is 6.22. The molecule has 1 aromatic heterocycles. The summed E-state index contributed by atoms with van der Waals surface area (Å²) in [6, 6.07) is 30.7. The number of aliphatic hydroxyl groups is 1. The quantitative estimate of drug-likeness (QED) is 0.206. The van der Waals surface area contributed by atoms with Crippen molar-refractivity contribution in [2.24, 2.45) is 0 Å². The molecule has 3 amide bonds. The molecule has 2 N–H and O–H groups in total. The van der Waals surface area contributed by atoms with Crippen LogP contribution in [0.2, 0.25) is 0 Å². The summed E-state index contributed by atoms with van der Waals surface area (Å²) in [6.07, 6.45) is 0.231. The van der Waals surface area contributed by atoms with Gasteiger partial charge in [0.25, 0.3) is 5.91 Å². The van der Waals surface area contributed by atoms with Gasteiger partial charge in [-0.1, -0.05) is 78.9 Å². The number of ether oxygens (including phenoxy) is 3. The first-order chi connectivity index (χ1) is 23.4. The van der Waals surface area contributed by atoms with Gasteiger partial charge in [-0.05, 0) is 41.0 Å². The number of carbonyl (C=O) groups is 3. The molecule has 0 aliphatic carbocycles. The summed E-state index contributed by atoms with van der Waals surface area (Å²) in [5, 5.41) is 12.0. The van der Waals surface area contributed by atoms with Crippen LogP contribution in [-0.4, -0.2) is 44.7 Å². The van der Waals surface area contributed by atoms with Gasteiger partial charge in [0, 0.05) is 12.0 Å². The van der Waals surface area contributed by atoms with Crippen molar-refractivity contribution in [3.63, 3.8) is 0 Å². The number of amides is 3. The molecular formula is C37H34N4O7. The highest BCUT2D eigenvalue weighted by atomic mass is 16.7. The lowest BCUT2D eigenvalue weighted by molar-refractivity contribution is -0.252. The molecule has 5 aromatic rings. The zero-order valence-corrected chi connectivity index (χ0v) is 26.0. The monoisotopic (exact) mass is 646 g/mol. The molecule has 2 aliphatic rings. The molecule has 2 saturated heterocycles. The first-order valence-corrected chi connectivity index (χ1v) is 15.8. The molecule has 0 bridgehead atoms. The Kier molecular flexibility index (Phi) is 8.97. The molecule has 3 heterocycles. The Labute approximate surface area is 276 Å². The number of hydrogen-bond acceptors (Lipinski definition) is 8. The van der Waals surface area contributed by atoms with Crippen molar-refractivity contribution >= 4 is 34.6 Å². The molecule has 7 rings (SSSR count). The number of imide groups is 1. The zero-order valence-electron chi connectivity index (χ0n) is 26.0. The number of benzene rings is 4. The van der Waals surface area contributed by atoms with E-state index in [0.717, 1.165) is 32.6 Å². The van der Waals surface area contributed by atoms with E-state index in [1.807, 2.05) is 85.2 Å². The minimum Gasteiger partial charge on any atom is -0.445 e. The lowest BCUT2D eigenvalue weighted by atomic mass is 10.00. The van der Waals surface area contributed by atoms with E-state index in [-0.39, 0.29) is 31.8 Å². The second kappa shape index (κ2) is 13.8. The van der Waals surface area contributed by atoms with Crippen LogP contribution in [-0.2, 0) is 43.6 Å². The maximum absolute atomic E-state index is 13.2. The van der Waals surface area contributed by atoms with Crippen LogP contribution in [0.15, 0.2) is 109 Å². The van der Waals surface area contributed by atoms with Crippen LogP contribution in [0.4, 0.5) is 10.5 Å². The number of rotatable bonds is 9. The van der Waals surface area contributed by atoms with Crippen LogP contribution < -0.4 is 10.2 Å². The lowest BCUT2D eigenvalue weighted by Crippen LogP contribution is -2.42. The molecule has 0 saturated carbocycles. The fraction of sp³-hybridized carbons (Fsp3) is 0.243. The topological polar surface area (TPSA) is 132 Å². The van der Waals surface area contributed by atoms with Crippen molar-refractivity contribution in [3.8, 4) is 0 Å². The van der Waals surface area contributed by atoms with E-state index in [9.17, 15) is 19.5 Å². The molecule has 0 spiro atoms. The summed E-state index contributed by atoms with van der Waals surface area (Å²) >= 11 is 0. The number of aromatic nitrogens is 2. The van der Waals surface area contributed by atoms with Gasteiger partial charge in [0.15, 0.2) is 6.29 Å². The predicted molar refractivity (Wildman–Crippen MR) is 175 cm³/mol. The second-order valence-corrected chi connectivity index (χ2v) is 11.9. The molecule has 2 aliphatic heterocycles. The number of anilines is 1. The maximum atomic E-state index is 13.2. The lowest BCUT2D eigenvalue weighted by Gasteiger charge is -2.36. The third-order valence-electron chi connectivity index (χ3n) is 8.62. The molecular weight excluding hydrogens is 612 g/mol. The van der Waals surface area contributed by atoms with E-state index < -0.39 is 30.2 Å². The van der Waals surface area contributed by atoms with Crippen molar-refractivity contribution < 1.29 is 33.7 Å². The van der Waals surface area contributed by atoms with Crippen molar-refractivity contribution in [2.45, 2.75) is 57.1 Å². The number of imidazole rings is 1. The van der Waals surface area contributed by atoms with Crippen LogP contribution >= 0.6 is 0 Å². The zero-order chi connectivity index (χ0) is 33.0. The third kappa shape index (κ3) is 6.70. The fourth-order valence-electron chi connectivity index (χ4n) is 6.11. The van der Waals surface area contributed by atoms with Crippen LogP contribution in [0.3, 0.4) is 0 Å². The number of nitrogens with zero attached hydrogens (tertiary/aromatic N) is 3. The summed E-state index contributed by atoms with van der Waals surface area (Å²) in [6.45, 7) is 0.562. The Morgan fingerprint density at radius 1 is 0.875 bits per heavy atom. The number of carbonyl (C=O) groups excluding carboxylic acids is 3. The molecule has 2 fully saturated rings. The molecule has 4 aromatic carbocycles. The van der Waals surface area contributed by atoms with E-state index in [1.54, 1.807) is 24.3 Å². The summed E-state index contributed by atoms with van der Waals surface area (Å²) in [7, 11) is 0. The number of nitrogens with one attached hydrogen (secondary N) is 1. The predicted octanol–water partition coefficient (Wildman–Crippen LogP) is 5.33. The molecule has 11 heteroatoms. The van der Waals surface area contributed by atoms with Crippen molar-refractivity contribution in [3.05, 3.63) is 132 Å². The Bertz CT molecular complexity index is 1910. The van der Waals surface area contributed by atoms with Gasteiger partial charge in [-0.3, -0.25) is 9.59 Å². The molecule has 48 heavy (non-hydrogen) atoms. The number of alkyl carbamates (subject to hydrolysis) is 1. The van der Waals surface area contributed by atoms with Gasteiger partial charge in [0.1, 0.15) is 12.6 Å². The van der Waals surface area contributed by atoms with Crippen LogP contribution in [0.1, 0.15) is 47.5 Å². The Morgan fingerprint density at radius 3 is 2.38 bits per heavy atom. The Morgan fingerprint density at radius 2 is 1.60 bits per heavy atom. The maximum Gasteiger partial charge on any atom is 0.408 e. The minimum atomic E-state index is -1.02. The van der Waals surface area contributed by atoms with Gasteiger partial charge >= 0.3 is 6.09 Å². The Hall–Kier alpha value is -5.36. The highest BCUT2D eigenvalue weighted by Gasteiger charge is 2.41. The molecule has 4 atom stereocenters. The van der Waals surface area contributed by atoms with Gasteiger partial charge in [-0.15, -0.1) is 0 Å². The summed E-state index contributed by atoms with van der Waals surface area (Å²) in [4.78, 5) is 44.1. The highest BCUT2D eigenvalue weighted by Crippen LogP contribution is 2.39. The number of para-hydroxylation sites is 2. The van der Waals surface area contributed by atoms with Crippen LogP contribution in [0.5, 0.6) is 0 Å². The molecule has 4 unspecified atom stereocenters. The van der Waals surface area contributed by atoms with E-state index in [4.69, 9.17) is 14.2 Å². The smallest absolute Gasteiger partial charge is 0.408 e. The molecule has 11 nitrogen and oxygen atoms in total. The molecule has 244 valence electrons. The van der Waals surface area contributed by atoms with Gasteiger partial charge < -0.3 is 29.2 Å². The average Bonchev–Trinajstić information content (AvgIpc) is 3.66. The number of hydrogen-bond donors (Lipinski definition) is 2. The van der Waals surface area contributed by atoms with Gasteiger partial charge in [0.2, 0.25) is 5.91 Å². The third-order valence-corrected chi connectivity index (χ3v) is 8.62. The minimum absolute atomic E-state index is 0.0443. The fourth-order valence-corrected chi connectivity index (χ4v) is 6.11. The van der Waals surface area contributed by atoms with Crippen molar-refractivity contribution in [1.82, 2.24) is 14.9 Å². The van der Waals surface area contributed by atoms with Crippen molar-refractivity contribution in [1.29, 1.82) is 0 Å². The standard InChI is InChI=1S/C37H34N4O7/c42-21-24-10-12-26(13-11-24)33-18-29(20-40-23-38-30-8-4-5-9-32(30)40)47-36(48-33)27-14-16-28(17-15-27)41-34(43)19-31(35(41)44)39-37(45)46-22-25-6-2-1-3-7-25/h1-17,23,29,31,33,36,42H,18-22H2,(H,39,45). The largest absolute Gasteiger partial charge is 0.445 e. The van der Waals surface area contributed by atoms with Crippen molar-refractivity contribution in [2.75, 3.05) is 4.90 Å². The second-order valence-electron chi connectivity index (χ2n) is 11.9. The molecule has 0 radical (unpaired) electrons.